The maximum Gasteiger partial charge on any atom is 0.344 e. The van der Waals surface area contributed by atoms with Crippen LogP contribution in [0.3, 0.4) is 0 Å². The summed E-state index contributed by atoms with van der Waals surface area (Å²) in [5.74, 6) is -1.53. The molecule has 0 fully saturated rings. The smallest absolute Gasteiger partial charge is 0.344 e. The topological polar surface area (TPSA) is 90.3 Å². The number of aromatic nitrogens is 2. The van der Waals surface area contributed by atoms with Crippen LogP contribution in [-0.2, 0) is 16.6 Å². The number of nitrogens with one attached hydrogen (secondary N) is 1. The number of carbonyl (C=O) groups is 2. The Morgan fingerprint density at radius 1 is 1.24 bits per heavy atom. The van der Waals surface area contributed by atoms with Gasteiger partial charge in [-0.3, -0.25) is 9.59 Å². The van der Waals surface area contributed by atoms with Crippen molar-refractivity contribution in [3.63, 3.8) is 0 Å². The molecule has 0 atom stereocenters. The number of anilines is 1. The zero-order valence-electron chi connectivity index (χ0n) is 13.7. The summed E-state index contributed by atoms with van der Waals surface area (Å²) in [5, 5.41) is 6.94. The summed E-state index contributed by atoms with van der Waals surface area (Å²) in [7, 11) is 1.43. The van der Waals surface area contributed by atoms with Crippen molar-refractivity contribution < 1.29 is 14.3 Å². The predicted octanol–water partition coefficient (Wildman–Crippen LogP) is 2.50. The van der Waals surface area contributed by atoms with E-state index in [9.17, 15) is 14.4 Å². The molecule has 0 bridgehead atoms. The molecule has 1 N–H and O–H groups in total. The molecule has 2 rings (SSSR count). The van der Waals surface area contributed by atoms with E-state index in [-0.39, 0.29) is 21.3 Å². The number of aryl methyl sites for hydroxylation is 2. The third-order valence-electron chi connectivity index (χ3n) is 3.49. The van der Waals surface area contributed by atoms with Crippen molar-refractivity contribution in [2.75, 3.05) is 11.9 Å². The van der Waals surface area contributed by atoms with Crippen LogP contribution in [0.25, 0.3) is 0 Å². The summed E-state index contributed by atoms with van der Waals surface area (Å²) >= 11 is 11.9. The fourth-order valence-electron chi connectivity index (χ4n) is 2.08. The third-order valence-corrected chi connectivity index (χ3v) is 4.12. The maximum absolute atomic E-state index is 12.2. The number of hydrogen-bond donors (Lipinski definition) is 1. The van der Waals surface area contributed by atoms with Gasteiger partial charge < -0.3 is 10.1 Å². The van der Waals surface area contributed by atoms with Crippen molar-refractivity contribution in [2.24, 2.45) is 7.05 Å². The normalized spacial score (nSPS) is 10.4. The van der Waals surface area contributed by atoms with Gasteiger partial charge >= 0.3 is 5.97 Å². The van der Waals surface area contributed by atoms with Gasteiger partial charge in [-0.15, -0.1) is 0 Å². The van der Waals surface area contributed by atoms with Crippen LogP contribution in [0, 0.1) is 13.8 Å². The zero-order valence-corrected chi connectivity index (χ0v) is 15.2. The molecule has 0 aliphatic heterocycles. The molecule has 25 heavy (non-hydrogen) atoms. The summed E-state index contributed by atoms with van der Waals surface area (Å²) < 4.78 is 5.98. The summed E-state index contributed by atoms with van der Waals surface area (Å²) in [5.41, 5.74) is 0.393. The van der Waals surface area contributed by atoms with E-state index in [0.29, 0.717) is 11.3 Å². The average Bonchev–Trinajstić information content (AvgIpc) is 2.55. The number of amides is 1. The number of nitrogens with zero attached hydrogens (tertiary/aromatic N) is 2. The molecule has 7 nitrogen and oxygen atoms in total. The molecule has 1 aromatic heterocycles. The highest BCUT2D eigenvalue weighted by Crippen LogP contribution is 2.29. The molecular formula is C16H15Cl2N3O4. The predicted molar refractivity (Wildman–Crippen MR) is 94.3 cm³/mol. The highest BCUT2D eigenvalue weighted by molar-refractivity contribution is 6.39. The molecule has 0 unspecified atom stereocenters. The maximum atomic E-state index is 12.2. The van der Waals surface area contributed by atoms with Crippen molar-refractivity contribution in [1.29, 1.82) is 0 Å². The van der Waals surface area contributed by atoms with Crippen molar-refractivity contribution in [1.82, 2.24) is 9.78 Å². The van der Waals surface area contributed by atoms with Crippen LogP contribution in [-0.4, -0.2) is 28.3 Å². The largest absolute Gasteiger partial charge is 0.452 e. The number of ether oxygens (including phenoxy) is 1. The Morgan fingerprint density at radius 3 is 2.44 bits per heavy atom. The highest BCUT2D eigenvalue weighted by atomic mass is 35.5. The quantitative estimate of drug-likeness (QED) is 0.819. The minimum atomic E-state index is -0.899. The number of hydrogen-bond acceptors (Lipinski definition) is 5. The first-order valence-electron chi connectivity index (χ1n) is 7.18. The van der Waals surface area contributed by atoms with E-state index < -0.39 is 24.0 Å². The average molecular weight is 384 g/mol. The molecule has 2 aromatic rings. The lowest BCUT2D eigenvalue weighted by atomic mass is 10.1. The molecule has 9 heteroatoms. The molecular weight excluding hydrogens is 369 g/mol. The van der Waals surface area contributed by atoms with Crippen LogP contribution in [0.15, 0.2) is 23.0 Å². The minimum Gasteiger partial charge on any atom is -0.452 e. The number of halogens is 2. The molecule has 0 saturated carbocycles. The van der Waals surface area contributed by atoms with Gasteiger partial charge in [0, 0.05) is 7.05 Å². The lowest BCUT2D eigenvalue weighted by Gasteiger charge is -2.11. The molecule has 0 aliphatic carbocycles. The van der Waals surface area contributed by atoms with Crippen molar-refractivity contribution in [3.05, 3.63) is 55.4 Å². The second kappa shape index (κ2) is 7.67. The number of para-hydroxylation sites is 1. The first-order chi connectivity index (χ1) is 11.7. The molecule has 0 radical (unpaired) electrons. The Balaban J connectivity index is 2.11. The lowest BCUT2D eigenvalue weighted by molar-refractivity contribution is -0.119. The van der Waals surface area contributed by atoms with Gasteiger partial charge in [0.15, 0.2) is 6.61 Å². The van der Waals surface area contributed by atoms with Gasteiger partial charge in [0.2, 0.25) is 0 Å². The van der Waals surface area contributed by atoms with Crippen LogP contribution < -0.4 is 10.9 Å². The number of carbonyl (C=O) groups excluding carboxylic acids is 2. The first-order valence-corrected chi connectivity index (χ1v) is 7.93. The van der Waals surface area contributed by atoms with E-state index in [1.807, 2.05) is 0 Å². The van der Waals surface area contributed by atoms with E-state index in [1.165, 1.54) is 7.05 Å². The highest BCUT2D eigenvalue weighted by Gasteiger charge is 2.20. The Bertz CT molecular complexity index is 889. The van der Waals surface area contributed by atoms with Crippen molar-refractivity contribution in [3.8, 4) is 0 Å². The van der Waals surface area contributed by atoms with Gasteiger partial charge in [-0.05, 0) is 31.5 Å². The lowest BCUT2D eigenvalue weighted by Crippen LogP contribution is -2.31. The fourth-order valence-corrected chi connectivity index (χ4v) is 2.58. The molecule has 1 aromatic carbocycles. The second-order valence-corrected chi connectivity index (χ2v) is 6.05. The zero-order chi connectivity index (χ0) is 18.7. The van der Waals surface area contributed by atoms with Crippen LogP contribution in [0.5, 0.6) is 0 Å². The van der Waals surface area contributed by atoms with Gasteiger partial charge in [0.1, 0.15) is 5.56 Å². The Hall–Kier alpha value is -2.38. The van der Waals surface area contributed by atoms with E-state index in [1.54, 1.807) is 32.0 Å². The van der Waals surface area contributed by atoms with Gasteiger partial charge in [-0.1, -0.05) is 29.3 Å². The van der Waals surface area contributed by atoms with Gasteiger partial charge in [0.05, 0.1) is 21.4 Å². The molecule has 0 saturated heterocycles. The standard InChI is InChI=1S/C16H15Cl2N3O4/c1-8-9(2)20-21(3)15(23)13(8)16(24)25-7-12(22)19-14-10(17)5-4-6-11(14)18/h4-6H,7H2,1-3H3,(H,19,22). The van der Waals surface area contributed by atoms with E-state index in [0.717, 1.165) is 4.68 Å². The van der Waals surface area contributed by atoms with Gasteiger partial charge in [-0.25, -0.2) is 9.48 Å². The van der Waals surface area contributed by atoms with Crippen molar-refractivity contribution >= 4 is 40.8 Å². The van der Waals surface area contributed by atoms with Crippen molar-refractivity contribution in [2.45, 2.75) is 13.8 Å². The Labute approximate surface area is 153 Å². The molecule has 0 aliphatic rings. The second-order valence-electron chi connectivity index (χ2n) is 5.24. The van der Waals surface area contributed by atoms with Gasteiger partial charge in [-0.2, -0.15) is 5.10 Å². The minimum absolute atomic E-state index is 0.154. The Morgan fingerprint density at radius 2 is 1.84 bits per heavy atom. The van der Waals surface area contributed by atoms with E-state index in [2.05, 4.69) is 10.4 Å². The fraction of sp³-hybridized carbons (Fsp3) is 0.250. The molecule has 1 amide bonds. The number of benzene rings is 1. The van der Waals surface area contributed by atoms with Crippen LogP contribution in [0.4, 0.5) is 5.69 Å². The number of rotatable bonds is 4. The summed E-state index contributed by atoms with van der Waals surface area (Å²) in [6.07, 6.45) is 0. The van der Waals surface area contributed by atoms with Crippen LogP contribution >= 0.6 is 23.2 Å². The SMILES string of the molecule is Cc1nn(C)c(=O)c(C(=O)OCC(=O)Nc2c(Cl)cccc2Cl)c1C. The monoisotopic (exact) mass is 383 g/mol. The van der Waals surface area contributed by atoms with E-state index in [4.69, 9.17) is 27.9 Å². The summed E-state index contributed by atoms with van der Waals surface area (Å²) in [6, 6.07) is 4.74. The van der Waals surface area contributed by atoms with Gasteiger partial charge in [0.25, 0.3) is 11.5 Å². The molecule has 0 spiro atoms. The van der Waals surface area contributed by atoms with Crippen LogP contribution in [0.1, 0.15) is 21.6 Å². The number of esters is 1. The molecule has 132 valence electrons. The summed E-state index contributed by atoms with van der Waals surface area (Å²) in [6.45, 7) is 2.66. The first kappa shape index (κ1) is 19.0. The molecule has 1 heterocycles. The summed E-state index contributed by atoms with van der Waals surface area (Å²) in [4.78, 5) is 36.2. The van der Waals surface area contributed by atoms with E-state index >= 15 is 0 Å². The third kappa shape index (κ3) is 4.18. The van der Waals surface area contributed by atoms with Crippen LogP contribution in [0.2, 0.25) is 10.0 Å². The Kier molecular flexibility index (Phi) is 5.81.